The molecule has 0 aliphatic heterocycles. The summed E-state index contributed by atoms with van der Waals surface area (Å²) < 4.78 is 0. The Bertz CT molecular complexity index is 75.0. The summed E-state index contributed by atoms with van der Waals surface area (Å²) in [4.78, 5) is 0.583. The SMILES string of the molecule is N[C@@H]1CCCCC[C@H]1Br. The highest BCUT2D eigenvalue weighted by Gasteiger charge is 2.16. The van der Waals surface area contributed by atoms with Gasteiger partial charge in [-0.15, -0.1) is 0 Å². The van der Waals surface area contributed by atoms with Crippen LogP contribution >= 0.6 is 15.9 Å². The monoisotopic (exact) mass is 191 g/mol. The minimum atomic E-state index is 0.410. The van der Waals surface area contributed by atoms with Crippen LogP contribution in [0.4, 0.5) is 0 Å². The van der Waals surface area contributed by atoms with Crippen molar-refractivity contribution in [3.05, 3.63) is 0 Å². The average molecular weight is 192 g/mol. The second-order valence-electron chi connectivity index (χ2n) is 2.82. The number of alkyl halides is 1. The minimum absolute atomic E-state index is 0.410. The van der Waals surface area contributed by atoms with Crippen molar-refractivity contribution in [1.29, 1.82) is 0 Å². The summed E-state index contributed by atoms with van der Waals surface area (Å²) in [7, 11) is 0. The van der Waals surface area contributed by atoms with Gasteiger partial charge in [-0.05, 0) is 12.8 Å². The molecule has 0 spiro atoms. The van der Waals surface area contributed by atoms with Gasteiger partial charge in [0.1, 0.15) is 0 Å². The van der Waals surface area contributed by atoms with E-state index in [9.17, 15) is 0 Å². The molecule has 2 atom stereocenters. The van der Waals surface area contributed by atoms with Gasteiger partial charge in [-0.2, -0.15) is 0 Å². The van der Waals surface area contributed by atoms with Crippen molar-refractivity contribution in [3.8, 4) is 0 Å². The molecule has 0 heterocycles. The first-order valence-corrected chi connectivity index (χ1v) is 4.62. The van der Waals surface area contributed by atoms with E-state index in [2.05, 4.69) is 15.9 Å². The molecular weight excluding hydrogens is 178 g/mol. The Morgan fingerprint density at radius 3 is 2.56 bits per heavy atom. The molecule has 54 valence electrons. The van der Waals surface area contributed by atoms with Crippen molar-refractivity contribution in [2.24, 2.45) is 5.73 Å². The summed E-state index contributed by atoms with van der Waals surface area (Å²) in [5.41, 5.74) is 5.83. The number of nitrogens with two attached hydrogens (primary N) is 1. The van der Waals surface area contributed by atoms with Gasteiger partial charge >= 0.3 is 0 Å². The Morgan fingerprint density at radius 2 is 1.78 bits per heavy atom. The lowest BCUT2D eigenvalue weighted by Crippen LogP contribution is -2.28. The van der Waals surface area contributed by atoms with Crippen molar-refractivity contribution < 1.29 is 0 Å². The largest absolute Gasteiger partial charge is 0.327 e. The average Bonchev–Trinajstić information content (AvgIpc) is 1.99. The van der Waals surface area contributed by atoms with Crippen LogP contribution < -0.4 is 5.73 Å². The first kappa shape index (κ1) is 7.55. The normalized spacial score (nSPS) is 38.0. The maximum absolute atomic E-state index is 5.83. The Hall–Kier alpha value is 0.440. The fourth-order valence-corrected chi connectivity index (χ4v) is 1.88. The number of rotatable bonds is 0. The van der Waals surface area contributed by atoms with Crippen molar-refractivity contribution >= 4 is 15.9 Å². The first-order valence-electron chi connectivity index (χ1n) is 3.70. The summed E-state index contributed by atoms with van der Waals surface area (Å²) in [6, 6.07) is 0.410. The van der Waals surface area contributed by atoms with Crippen LogP contribution in [0.5, 0.6) is 0 Å². The van der Waals surface area contributed by atoms with Gasteiger partial charge in [0.2, 0.25) is 0 Å². The second-order valence-corrected chi connectivity index (χ2v) is 3.99. The van der Waals surface area contributed by atoms with Gasteiger partial charge in [0.05, 0.1) is 0 Å². The lowest BCUT2D eigenvalue weighted by Gasteiger charge is -2.12. The van der Waals surface area contributed by atoms with E-state index < -0.39 is 0 Å². The van der Waals surface area contributed by atoms with Crippen molar-refractivity contribution in [1.82, 2.24) is 0 Å². The van der Waals surface area contributed by atoms with Crippen LogP contribution in [-0.2, 0) is 0 Å². The first-order chi connectivity index (χ1) is 4.30. The molecule has 0 aromatic heterocycles. The predicted molar refractivity (Wildman–Crippen MR) is 43.8 cm³/mol. The summed E-state index contributed by atoms with van der Waals surface area (Å²) >= 11 is 3.58. The van der Waals surface area contributed by atoms with E-state index in [4.69, 9.17) is 5.73 Å². The molecule has 1 nitrogen and oxygen atoms in total. The van der Waals surface area contributed by atoms with Gasteiger partial charge in [0.15, 0.2) is 0 Å². The zero-order valence-electron chi connectivity index (χ0n) is 5.65. The van der Waals surface area contributed by atoms with Gasteiger partial charge in [-0.1, -0.05) is 35.2 Å². The Kier molecular flexibility index (Phi) is 2.99. The highest BCUT2D eigenvalue weighted by atomic mass is 79.9. The minimum Gasteiger partial charge on any atom is -0.327 e. The third-order valence-electron chi connectivity index (χ3n) is 1.98. The summed E-state index contributed by atoms with van der Waals surface area (Å²) in [5, 5.41) is 0. The van der Waals surface area contributed by atoms with Crippen molar-refractivity contribution in [2.45, 2.75) is 43.0 Å². The van der Waals surface area contributed by atoms with E-state index in [1.807, 2.05) is 0 Å². The summed E-state index contributed by atoms with van der Waals surface area (Å²) in [6.45, 7) is 0. The molecule has 1 aliphatic rings. The Labute approximate surface area is 65.1 Å². The van der Waals surface area contributed by atoms with Crippen LogP contribution in [-0.4, -0.2) is 10.9 Å². The molecule has 2 N–H and O–H groups in total. The molecular formula is C7H14BrN. The quantitative estimate of drug-likeness (QED) is 0.461. The third-order valence-corrected chi connectivity index (χ3v) is 3.12. The molecule has 0 saturated heterocycles. The molecule has 1 aliphatic carbocycles. The maximum atomic E-state index is 5.83. The highest BCUT2D eigenvalue weighted by molar-refractivity contribution is 9.09. The third kappa shape index (κ3) is 2.26. The van der Waals surface area contributed by atoms with E-state index in [-0.39, 0.29) is 0 Å². The van der Waals surface area contributed by atoms with Crippen LogP contribution in [0.25, 0.3) is 0 Å². The van der Waals surface area contributed by atoms with Crippen LogP contribution in [0.1, 0.15) is 32.1 Å². The van der Waals surface area contributed by atoms with Gasteiger partial charge in [-0.3, -0.25) is 0 Å². The van der Waals surface area contributed by atoms with Gasteiger partial charge < -0.3 is 5.73 Å². The molecule has 2 heteroatoms. The van der Waals surface area contributed by atoms with Crippen molar-refractivity contribution in [2.75, 3.05) is 0 Å². The van der Waals surface area contributed by atoms with Crippen LogP contribution in [0.2, 0.25) is 0 Å². The molecule has 1 rings (SSSR count). The van der Waals surface area contributed by atoms with E-state index in [1.165, 1.54) is 32.1 Å². The van der Waals surface area contributed by atoms with Gasteiger partial charge in [0, 0.05) is 10.9 Å². The van der Waals surface area contributed by atoms with Gasteiger partial charge in [-0.25, -0.2) is 0 Å². The lowest BCUT2D eigenvalue weighted by molar-refractivity contribution is 0.602. The fourth-order valence-electron chi connectivity index (χ4n) is 1.29. The lowest BCUT2D eigenvalue weighted by atomic mass is 10.1. The molecule has 1 saturated carbocycles. The standard InChI is InChI=1S/C7H14BrN/c8-6-4-2-1-3-5-7(6)9/h6-7H,1-5,9H2/t6-,7-/m1/s1. The molecule has 0 aromatic carbocycles. The van der Waals surface area contributed by atoms with E-state index in [0.717, 1.165) is 0 Å². The second kappa shape index (κ2) is 3.57. The topological polar surface area (TPSA) is 26.0 Å². The Morgan fingerprint density at radius 1 is 1.11 bits per heavy atom. The fraction of sp³-hybridized carbons (Fsp3) is 1.00. The number of hydrogen-bond acceptors (Lipinski definition) is 1. The zero-order valence-corrected chi connectivity index (χ0v) is 7.23. The van der Waals surface area contributed by atoms with E-state index in [1.54, 1.807) is 0 Å². The van der Waals surface area contributed by atoms with Crippen LogP contribution in [0.15, 0.2) is 0 Å². The van der Waals surface area contributed by atoms with Gasteiger partial charge in [0.25, 0.3) is 0 Å². The molecule has 0 radical (unpaired) electrons. The highest BCUT2D eigenvalue weighted by Crippen LogP contribution is 2.21. The summed E-state index contributed by atoms with van der Waals surface area (Å²) in [5.74, 6) is 0. The molecule has 9 heavy (non-hydrogen) atoms. The van der Waals surface area contributed by atoms with Crippen LogP contribution in [0, 0.1) is 0 Å². The zero-order chi connectivity index (χ0) is 6.69. The molecule has 0 amide bonds. The summed E-state index contributed by atoms with van der Waals surface area (Å²) in [6.07, 6.45) is 6.51. The van der Waals surface area contributed by atoms with E-state index >= 15 is 0 Å². The molecule has 1 fully saturated rings. The van der Waals surface area contributed by atoms with Crippen LogP contribution in [0.3, 0.4) is 0 Å². The molecule has 0 unspecified atom stereocenters. The van der Waals surface area contributed by atoms with E-state index in [0.29, 0.717) is 10.9 Å². The maximum Gasteiger partial charge on any atom is 0.0297 e. The Balaban J connectivity index is 2.32. The smallest absolute Gasteiger partial charge is 0.0297 e. The molecule has 0 bridgehead atoms. The predicted octanol–water partition coefficient (Wildman–Crippen LogP) is 2.04. The number of hydrogen-bond donors (Lipinski definition) is 1. The molecule has 0 aromatic rings. The number of halogens is 1. The van der Waals surface area contributed by atoms with Crippen molar-refractivity contribution in [3.63, 3.8) is 0 Å².